The van der Waals surface area contributed by atoms with E-state index < -0.39 is 84.1 Å². The second kappa shape index (κ2) is 19.0. The van der Waals surface area contributed by atoms with Gasteiger partial charge < -0.3 is 47.0 Å². The minimum absolute atomic E-state index is 0.0551. The van der Waals surface area contributed by atoms with Gasteiger partial charge in [-0.15, -0.1) is 0 Å². The van der Waals surface area contributed by atoms with Gasteiger partial charge in [0.2, 0.25) is 17.5 Å². The molecule has 0 radical (unpaired) electrons. The van der Waals surface area contributed by atoms with E-state index >= 15 is 0 Å². The zero-order chi connectivity index (χ0) is 43.0. The van der Waals surface area contributed by atoms with Crippen molar-refractivity contribution in [3.05, 3.63) is 82.5 Å². The zero-order valence-corrected chi connectivity index (χ0v) is 33.0. The SMILES string of the molecule is COc1cc(OC(C)=O)c2c(=O)c(O[C@@H]3OC(COC(=O)/C=C/c4ccc(OC(C)=O)cc4)[C@@H](OC(C)=O)C(OC(C)=O)C3C)c(-c3ccc(OC(C)=O)cc3)oc2c1. The van der Waals surface area contributed by atoms with Crippen molar-refractivity contribution in [2.75, 3.05) is 13.7 Å². The smallest absolute Gasteiger partial charge is 0.330 e. The van der Waals surface area contributed by atoms with Crippen LogP contribution in [0.1, 0.15) is 47.1 Å². The summed E-state index contributed by atoms with van der Waals surface area (Å²) in [6, 6.07) is 14.9. The highest BCUT2D eigenvalue weighted by Gasteiger charge is 2.50. The van der Waals surface area contributed by atoms with Crippen molar-refractivity contribution in [2.24, 2.45) is 5.92 Å². The van der Waals surface area contributed by atoms with E-state index in [1.807, 2.05) is 0 Å². The summed E-state index contributed by atoms with van der Waals surface area (Å²) in [6.07, 6.45) is -2.81. The molecular formula is C42H40O17. The van der Waals surface area contributed by atoms with Crippen LogP contribution in [0.4, 0.5) is 0 Å². The Bertz CT molecular complexity index is 2320. The van der Waals surface area contributed by atoms with E-state index in [2.05, 4.69) is 0 Å². The molecule has 5 atom stereocenters. The molecule has 0 N–H and O–H groups in total. The number of carbonyl (C=O) groups excluding carboxylic acids is 6. The van der Waals surface area contributed by atoms with Gasteiger partial charge >= 0.3 is 35.8 Å². The van der Waals surface area contributed by atoms with Crippen molar-refractivity contribution in [1.29, 1.82) is 0 Å². The molecule has 59 heavy (non-hydrogen) atoms. The van der Waals surface area contributed by atoms with Gasteiger partial charge in [-0.1, -0.05) is 19.1 Å². The van der Waals surface area contributed by atoms with Crippen LogP contribution in [0.5, 0.6) is 28.7 Å². The number of rotatable bonds is 13. The number of hydrogen-bond donors (Lipinski definition) is 0. The number of carbonyl (C=O) groups is 6. The van der Waals surface area contributed by atoms with E-state index in [1.165, 1.54) is 75.6 Å². The quantitative estimate of drug-likeness (QED) is 0.0742. The number of esters is 6. The monoisotopic (exact) mass is 816 g/mol. The van der Waals surface area contributed by atoms with Crippen LogP contribution in [0.3, 0.4) is 0 Å². The Morgan fingerprint density at radius 2 is 1.29 bits per heavy atom. The Kier molecular flexibility index (Phi) is 13.9. The molecule has 3 unspecified atom stereocenters. The topological polar surface area (TPSA) is 216 Å². The molecule has 1 saturated heterocycles. The van der Waals surface area contributed by atoms with Crippen molar-refractivity contribution in [1.82, 2.24) is 0 Å². The molecule has 0 bridgehead atoms. The van der Waals surface area contributed by atoms with Gasteiger partial charge in [0.15, 0.2) is 11.9 Å². The van der Waals surface area contributed by atoms with Gasteiger partial charge in [0.1, 0.15) is 52.8 Å². The molecule has 0 aliphatic carbocycles. The van der Waals surface area contributed by atoms with Gasteiger partial charge in [-0.25, -0.2) is 4.79 Å². The van der Waals surface area contributed by atoms with Crippen molar-refractivity contribution >= 4 is 52.9 Å². The van der Waals surface area contributed by atoms with Crippen LogP contribution in [0, 0.1) is 5.92 Å². The van der Waals surface area contributed by atoms with Crippen LogP contribution in [-0.4, -0.2) is 74.1 Å². The summed E-state index contributed by atoms with van der Waals surface area (Å²) in [4.78, 5) is 87.1. The van der Waals surface area contributed by atoms with Crippen molar-refractivity contribution < 1.29 is 75.8 Å². The normalized spacial score (nSPS) is 18.7. The summed E-state index contributed by atoms with van der Waals surface area (Å²) in [7, 11) is 1.37. The number of methoxy groups -OCH3 is 1. The maximum atomic E-state index is 14.5. The number of fused-ring (bicyclic) bond motifs is 1. The lowest BCUT2D eigenvalue weighted by atomic mass is 9.91. The third kappa shape index (κ3) is 11.1. The Hall–Kier alpha value is -7.01. The second-order valence-corrected chi connectivity index (χ2v) is 13.1. The average molecular weight is 817 g/mol. The van der Waals surface area contributed by atoms with E-state index in [0.29, 0.717) is 11.3 Å². The highest BCUT2D eigenvalue weighted by atomic mass is 16.7. The zero-order valence-electron chi connectivity index (χ0n) is 33.0. The maximum absolute atomic E-state index is 14.5. The van der Waals surface area contributed by atoms with E-state index in [-0.39, 0.29) is 39.5 Å². The Labute approximate surface area is 336 Å². The number of hydrogen-bond acceptors (Lipinski definition) is 17. The van der Waals surface area contributed by atoms with E-state index in [1.54, 1.807) is 19.1 Å². The summed E-state index contributed by atoms with van der Waals surface area (Å²) in [5.74, 6) is -5.22. The van der Waals surface area contributed by atoms with Crippen LogP contribution in [0.2, 0.25) is 0 Å². The van der Waals surface area contributed by atoms with Crippen molar-refractivity contribution in [2.45, 2.75) is 66.1 Å². The van der Waals surface area contributed by atoms with Crippen LogP contribution < -0.4 is 29.1 Å². The Balaban J connectivity index is 1.55. The fourth-order valence-electron chi connectivity index (χ4n) is 6.05. The molecule has 1 aromatic heterocycles. The standard InChI is InChI=1S/C42H40O17/c1-21-38(55-25(5)46)40(56-26(6)47)34(20-51-35(48)17-10-27-8-13-29(14-9-27)52-22(2)43)58-42(21)59-41-37(49)36-32(54-24(4)45)18-31(50-7)19-33(36)57-39(41)28-11-15-30(16-12-28)53-23(3)44/h8-19,21,34,38,40,42H,20H2,1-7H3/b17-10+/t21?,34?,38?,40-,42+/m1/s1. The Morgan fingerprint density at radius 3 is 1.85 bits per heavy atom. The summed E-state index contributed by atoms with van der Waals surface area (Å²) < 4.78 is 56.4. The first-order chi connectivity index (χ1) is 28.0. The molecular weight excluding hydrogens is 776 g/mol. The molecule has 0 saturated carbocycles. The molecule has 1 fully saturated rings. The average Bonchev–Trinajstić information content (AvgIpc) is 3.16. The van der Waals surface area contributed by atoms with Gasteiger partial charge in [-0.05, 0) is 48.0 Å². The lowest BCUT2D eigenvalue weighted by molar-refractivity contribution is -0.267. The number of benzene rings is 3. The van der Waals surface area contributed by atoms with Crippen LogP contribution in [0.25, 0.3) is 28.4 Å². The molecule has 17 nitrogen and oxygen atoms in total. The fourth-order valence-corrected chi connectivity index (χ4v) is 6.05. The molecule has 5 rings (SSSR count). The summed E-state index contributed by atoms with van der Waals surface area (Å²) >= 11 is 0. The first-order valence-corrected chi connectivity index (χ1v) is 18.0. The Morgan fingerprint density at radius 1 is 0.712 bits per heavy atom. The third-order valence-electron chi connectivity index (χ3n) is 8.49. The highest BCUT2D eigenvalue weighted by Crippen LogP contribution is 2.39. The van der Waals surface area contributed by atoms with Gasteiger partial charge in [0.25, 0.3) is 0 Å². The highest BCUT2D eigenvalue weighted by molar-refractivity contribution is 5.91. The minimum Gasteiger partial charge on any atom is -0.496 e. The van der Waals surface area contributed by atoms with Crippen molar-refractivity contribution in [3.63, 3.8) is 0 Å². The maximum Gasteiger partial charge on any atom is 0.330 e. The van der Waals surface area contributed by atoms with E-state index in [4.69, 9.17) is 47.0 Å². The van der Waals surface area contributed by atoms with Gasteiger partial charge in [0, 0.05) is 58.4 Å². The van der Waals surface area contributed by atoms with Crippen molar-refractivity contribution in [3.8, 4) is 40.1 Å². The third-order valence-corrected chi connectivity index (χ3v) is 8.49. The summed E-state index contributed by atoms with van der Waals surface area (Å²) in [5.41, 5.74) is -0.0355. The van der Waals surface area contributed by atoms with Gasteiger partial charge in [-0.2, -0.15) is 0 Å². The van der Waals surface area contributed by atoms with E-state index in [9.17, 15) is 33.6 Å². The molecule has 0 amide bonds. The number of ether oxygens (including phenoxy) is 9. The molecule has 0 spiro atoms. The van der Waals surface area contributed by atoms with Crippen LogP contribution >= 0.6 is 0 Å². The predicted molar refractivity (Wildman–Crippen MR) is 204 cm³/mol. The first kappa shape index (κ1) is 43.1. The predicted octanol–water partition coefficient (Wildman–Crippen LogP) is 5.10. The largest absolute Gasteiger partial charge is 0.496 e. The molecule has 3 aromatic carbocycles. The molecule has 1 aliphatic rings. The fraction of sp³-hybridized carbons (Fsp3) is 0.310. The molecule has 4 aromatic rings. The summed E-state index contributed by atoms with van der Waals surface area (Å²) in [5, 5.41) is -0.202. The minimum atomic E-state index is -1.48. The lowest BCUT2D eigenvalue weighted by Crippen LogP contribution is -2.59. The van der Waals surface area contributed by atoms with Gasteiger partial charge in [-0.3, -0.25) is 28.8 Å². The second-order valence-electron chi connectivity index (χ2n) is 13.1. The van der Waals surface area contributed by atoms with E-state index in [0.717, 1.165) is 26.8 Å². The van der Waals surface area contributed by atoms with Crippen LogP contribution in [0.15, 0.2) is 76.0 Å². The molecule has 310 valence electrons. The molecule has 2 heterocycles. The lowest BCUT2D eigenvalue weighted by Gasteiger charge is -2.43. The summed E-state index contributed by atoms with van der Waals surface area (Å²) in [6.45, 7) is 6.91. The first-order valence-electron chi connectivity index (χ1n) is 18.0. The molecule has 17 heteroatoms. The molecule has 1 aliphatic heterocycles. The van der Waals surface area contributed by atoms with Crippen LogP contribution in [-0.2, 0) is 47.7 Å². The van der Waals surface area contributed by atoms with Gasteiger partial charge in [0.05, 0.1) is 13.0 Å².